The van der Waals surface area contributed by atoms with Crippen LogP contribution < -0.4 is 20.9 Å². The summed E-state index contributed by atoms with van der Waals surface area (Å²) >= 11 is 0. The van der Waals surface area contributed by atoms with Crippen LogP contribution in [-0.4, -0.2) is 57.0 Å². The Balaban J connectivity index is 1.48. The third kappa shape index (κ3) is 8.71. The van der Waals surface area contributed by atoms with Crippen molar-refractivity contribution in [2.75, 3.05) is 19.7 Å². The van der Waals surface area contributed by atoms with Crippen molar-refractivity contribution in [3.05, 3.63) is 130 Å². The number of alkyl halides is 3. The molecule has 1 fully saturated rings. The molecule has 14 heteroatoms. The van der Waals surface area contributed by atoms with Crippen LogP contribution in [0.5, 0.6) is 5.75 Å². The van der Waals surface area contributed by atoms with Gasteiger partial charge in [-0.15, -0.1) is 0 Å². The van der Waals surface area contributed by atoms with Gasteiger partial charge in [0.15, 0.2) is 0 Å². The Morgan fingerprint density at radius 2 is 1.85 bits per heavy atom. The average molecular weight is 731 g/mol. The summed E-state index contributed by atoms with van der Waals surface area (Å²) in [6.45, 7) is 3.03. The minimum Gasteiger partial charge on any atom is -0.494 e. The number of hydrogen-bond acceptors (Lipinski definition) is 7. The summed E-state index contributed by atoms with van der Waals surface area (Å²) in [7, 11) is 0. The molecule has 2 amide bonds. The molecule has 1 aliphatic heterocycles. The van der Waals surface area contributed by atoms with Gasteiger partial charge in [-0.2, -0.15) is 13.2 Å². The summed E-state index contributed by atoms with van der Waals surface area (Å²) in [6.07, 6.45) is -0.620. The molecule has 0 aliphatic carbocycles. The SMILES string of the molecule is CCOc1ccc(-n2c(C(CCNC(=O)C3CCCN3)N(Cc3cccnc3)C(=O)Cc3ccc(C(F)(F)F)c(F)c3)nc3ccccc3c2=O)cc1. The van der Waals surface area contributed by atoms with E-state index in [1.54, 1.807) is 73.1 Å². The Morgan fingerprint density at radius 1 is 1.06 bits per heavy atom. The van der Waals surface area contributed by atoms with Gasteiger partial charge >= 0.3 is 6.18 Å². The fraction of sp³-hybridized carbons (Fsp3) is 0.308. The quantitative estimate of drug-likeness (QED) is 0.145. The second-order valence-electron chi connectivity index (χ2n) is 12.7. The Labute approximate surface area is 302 Å². The molecule has 6 rings (SSSR count). The van der Waals surface area contributed by atoms with Gasteiger partial charge in [-0.05, 0) is 98.5 Å². The van der Waals surface area contributed by atoms with Crippen LogP contribution in [-0.2, 0) is 28.7 Å². The first-order valence-electron chi connectivity index (χ1n) is 17.3. The Bertz CT molecular complexity index is 2120. The Hall–Kier alpha value is -5.63. The number of rotatable bonds is 13. The second kappa shape index (κ2) is 16.4. The maximum atomic E-state index is 14.7. The predicted molar refractivity (Wildman–Crippen MR) is 190 cm³/mol. The van der Waals surface area contributed by atoms with Crippen LogP contribution in [0.4, 0.5) is 17.6 Å². The zero-order valence-corrected chi connectivity index (χ0v) is 28.9. The third-order valence-corrected chi connectivity index (χ3v) is 9.07. The number of hydrogen-bond donors (Lipinski definition) is 2. The zero-order chi connectivity index (χ0) is 37.5. The molecule has 1 saturated heterocycles. The molecule has 0 bridgehead atoms. The summed E-state index contributed by atoms with van der Waals surface area (Å²) in [5.41, 5.74) is -0.402. The second-order valence-corrected chi connectivity index (χ2v) is 12.7. The Kier molecular flexibility index (Phi) is 11.5. The molecule has 3 heterocycles. The molecule has 276 valence electrons. The van der Waals surface area contributed by atoms with E-state index < -0.39 is 41.5 Å². The van der Waals surface area contributed by atoms with E-state index in [-0.39, 0.29) is 42.8 Å². The molecule has 1 aliphatic rings. The molecule has 10 nitrogen and oxygen atoms in total. The van der Waals surface area contributed by atoms with Gasteiger partial charge in [0.2, 0.25) is 11.8 Å². The molecule has 0 saturated carbocycles. The van der Waals surface area contributed by atoms with Crippen molar-refractivity contribution in [1.29, 1.82) is 0 Å². The van der Waals surface area contributed by atoms with Crippen LogP contribution in [0.1, 0.15) is 54.7 Å². The van der Waals surface area contributed by atoms with E-state index in [1.165, 1.54) is 9.47 Å². The first-order valence-corrected chi connectivity index (χ1v) is 17.3. The first kappa shape index (κ1) is 37.1. The summed E-state index contributed by atoms with van der Waals surface area (Å²) in [5, 5.41) is 6.45. The highest BCUT2D eigenvalue weighted by molar-refractivity contribution is 5.82. The molecule has 0 spiro atoms. The predicted octanol–water partition coefficient (Wildman–Crippen LogP) is 5.91. The van der Waals surface area contributed by atoms with Gasteiger partial charge in [0.25, 0.3) is 5.56 Å². The highest BCUT2D eigenvalue weighted by Crippen LogP contribution is 2.33. The smallest absolute Gasteiger partial charge is 0.419 e. The standard InChI is InChI=1S/C39H38F4N6O4/c1-2-53-28-14-12-27(13-15-28)49-36(47-32-9-4-3-8-29(32)38(49)52)34(17-20-46-37(51)33-10-6-19-45-33)48(24-26-7-5-18-44-23-26)35(50)22-25-11-16-30(31(40)21-25)39(41,42)43/h3-5,7-9,11-16,18,21,23,33-34,45H,2,6,10,17,19-20,22,24H2,1H3,(H,46,51). The molecule has 5 aromatic rings. The number of fused-ring (bicyclic) bond motifs is 1. The van der Waals surface area contributed by atoms with Crippen LogP contribution in [0.2, 0.25) is 0 Å². The van der Waals surface area contributed by atoms with Crippen LogP contribution in [0.25, 0.3) is 16.6 Å². The summed E-state index contributed by atoms with van der Waals surface area (Å²) in [4.78, 5) is 52.5. The Morgan fingerprint density at radius 3 is 2.53 bits per heavy atom. The number of para-hydroxylation sites is 1. The minimum absolute atomic E-state index is 0.0198. The molecule has 2 unspecified atom stereocenters. The molecule has 2 atom stereocenters. The van der Waals surface area contributed by atoms with E-state index in [0.717, 1.165) is 12.5 Å². The van der Waals surface area contributed by atoms with Crippen molar-refractivity contribution in [3.8, 4) is 11.4 Å². The summed E-state index contributed by atoms with van der Waals surface area (Å²) in [5.74, 6) is -1.52. The summed E-state index contributed by atoms with van der Waals surface area (Å²) in [6, 6.07) is 18.1. The average Bonchev–Trinajstić information content (AvgIpc) is 3.69. The molecule has 3 aromatic carbocycles. The maximum Gasteiger partial charge on any atom is 0.419 e. The minimum atomic E-state index is -4.91. The van der Waals surface area contributed by atoms with Crippen molar-refractivity contribution in [2.24, 2.45) is 0 Å². The van der Waals surface area contributed by atoms with Crippen molar-refractivity contribution < 1.29 is 31.9 Å². The lowest BCUT2D eigenvalue weighted by Gasteiger charge is -2.33. The van der Waals surface area contributed by atoms with E-state index >= 15 is 0 Å². The highest BCUT2D eigenvalue weighted by Gasteiger charge is 2.35. The lowest BCUT2D eigenvalue weighted by Crippen LogP contribution is -2.43. The normalized spacial score (nSPS) is 14.9. The molecule has 2 N–H and O–H groups in total. The van der Waals surface area contributed by atoms with Crippen molar-refractivity contribution in [2.45, 2.75) is 57.4 Å². The van der Waals surface area contributed by atoms with Gasteiger partial charge in [0.1, 0.15) is 17.4 Å². The number of ether oxygens (including phenoxy) is 1. The lowest BCUT2D eigenvalue weighted by atomic mass is 10.0. The number of carbonyl (C=O) groups is 2. The van der Waals surface area contributed by atoms with Crippen molar-refractivity contribution >= 4 is 22.7 Å². The third-order valence-electron chi connectivity index (χ3n) is 9.07. The number of nitrogens with one attached hydrogen (secondary N) is 2. The fourth-order valence-corrected chi connectivity index (χ4v) is 6.50. The zero-order valence-electron chi connectivity index (χ0n) is 28.9. The summed E-state index contributed by atoms with van der Waals surface area (Å²) < 4.78 is 61.8. The molecule has 0 radical (unpaired) electrons. The molecule has 53 heavy (non-hydrogen) atoms. The lowest BCUT2D eigenvalue weighted by molar-refractivity contribution is -0.140. The molecular weight excluding hydrogens is 692 g/mol. The number of carbonyl (C=O) groups excluding carboxylic acids is 2. The monoisotopic (exact) mass is 730 g/mol. The number of benzene rings is 3. The van der Waals surface area contributed by atoms with E-state index in [2.05, 4.69) is 15.6 Å². The van der Waals surface area contributed by atoms with E-state index in [9.17, 15) is 31.9 Å². The van der Waals surface area contributed by atoms with Crippen LogP contribution in [0.3, 0.4) is 0 Å². The van der Waals surface area contributed by atoms with E-state index in [4.69, 9.17) is 9.72 Å². The van der Waals surface area contributed by atoms with E-state index in [1.807, 2.05) is 6.92 Å². The van der Waals surface area contributed by atoms with Crippen LogP contribution >= 0.6 is 0 Å². The van der Waals surface area contributed by atoms with Gasteiger partial charge in [0.05, 0.1) is 47.3 Å². The first-order chi connectivity index (χ1) is 25.5. The van der Waals surface area contributed by atoms with Gasteiger partial charge in [0, 0.05) is 25.5 Å². The van der Waals surface area contributed by atoms with Crippen molar-refractivity contribution in [1.82, 2.24) is 30.1 Å². The van der Waals surface area contributed by atoms with Crippen molar-refractivity contribution in [3.63, 3.8) is 0 Å². The molecular formula is C39H38F4N6O4. The number of pyridine rings is 1. The van der Waals surface area contributed by atoms with E-state index in [0.29, 0.717) is 59.6 Å². The number of nitrogens with zero attached hydrogens (tertiary/aromatic N) is 4. The van der Waals surface area contributed by atoms with Crippen LogP contribution in [0, 0.1) is 5.82 Å². The van der Waals surface area contributed by atoms with Gasteiger partial charge in [-0.25, -0.2) is 9.37 Å². The molecule has 2 aromatic heterocycles. The van der Waals surface area contributed by atoms with Gasteiger partial charge in [-0.1, -0.05) is 24.3 Å². The van der Waals surface area contributed by atoms with Gasteiger partial charge in [-0.3, -0.25) is 23.9 Å². The number of halogens is 4. The fourth-order valence-electron chi connectivity index (χ4n) is 6.50. The number of amides is 2. The van der Waals surface area contributed by atoms with Gasteiger partial charge < -0.3 is 20.3 Å². The topological polar surface area (TPSA) is 118 Å². The highest BCUT2D eigenvalue weighted by atomic mass is 19.4. The van der Waals surface area contributed by atoms with Crippen LogP contribution in [0.15, 0.2) is 96.1 Å². The number of aromatic nitrogens is 3. The largest absolute Gasteiger partial charge is 0.494 e. The maximum absolute atomic E-state index is 14.7.